The van der Waals surface area contributed by atoms with Gasteiger partial charge in [0.25, 0.3) is 0 Å². The van der Waals surface area contributed by atoms with Crippen molar-refractivity contribution in [3.05, 3.63) is 58.4 Å². The molecule has 1 unspecified atom stereocenters. The summed E-state index contributed by atoms with van der Waals surface area (Å²) in [6.07, 6.45) is 3.50. The predicted octanol–water partition coefficient (Wildman–Crippen LogP) is 6.09. The van der Waals surface area contributed by atoms with Crippen LogP contribution in [0.3, 0.4) is 0 Å². The predicted molar refractivity (Wildman–Crippen MR) is 117 cm³/mol. The molecular formula is C24H29FN2O2. The Kier molecular flexibility index (Phi) is 5.78. The summed E-state index contributed by atoms with van der Waals surface area (Å²) >= 11 is 0. The molecule has 0 bridgehead atoms. The van der Waals surface area contributed by atoms with Crippen molar-refractivity contribution in [3.8, 4) is 0 Å². The molecule has 3 rings (SSSR count). The van der Waals surface area contributed by atoms with Crippen molar-refractivity contribution in [3.63, 3.8) is 0 Å². The number of carboxylic acids is 1. The van der Waals surface area contributed by atoms with E-state index in [0.717, 1.165) is 30.6 Å². The van der Waals surface area contributed by atoms with Crippen LogP contribution >= 0.6 is 0 Å². The first-order valence-electron chi connectivity index (χ1n) is 10.1. The standard InChI is InChI=1S/C24H29FN2O2/c1-6-10-27-22-12-20(25)17(11-19(22)15(2)13-24(27,4)5)14-26-21-9-7-8-18(16(21)3)23(28)29/h7-9,11-12,14-15H,6,10,13H2,1-5H3,(H,28,29). The first-order valence-corrected chi connectivity index (χ1v) is 10.1. The van der Waals surface area contributed by atoms with Gasteiger partial charge in [0.05, 0.1) is 11.3 Å². The Hall–Kier alpha value is -2.69. The maximum Gasteiger partial charge on any atom is 0.336 e. The lowest BCUT2D eigenvalue weighted by Gasteiger charge is -2.47. The van der Waals surface area contributed by atoms with Gasteiger partial charge < -0.3 is 10.0 Å². The van der Waals surface area contributed by atoms with Gasteiger partial charge in [0, 0.05) is 29.5 Å². The number of carbonyl (C=O) groups is 1. The number of halogens is 1. The molecule has 1 N–H and O–H groups in total. The highest BCUT2D eigenvalue weighted by Crippen LogP contribution is 2.44. The fourth-order valence-corrected chi connectivity index (χ4v) is 4.40. The van der Waals surface area contributed by atoms with E-state index in [-0.39, 0.29) is 16.9 Å². The Morgan fingerprint density at radius 2 is 2.10 bits per heavy atom. The third kappa shape index (κ3) is 4.04. The average Bonchev–Trinajstić information content (AvgIpc) is 2.64. The number of fused-ring (bicyclic) bond motifs is 1. The number of nitrogens with zero attached hydrogens (tertiary/aromatic N) is 2. The number of aliphatic imine (C=N–C) groups is 1. The highest BCUT2D eigenvalue weighted by molar-refractivity contribution is 5.92. The van der Waals surface area contributed by atoms with Crippen LogP contribution in [0.5, 0.6) is 0 Å². The molecule has 2 aromatic carbocycles. The van der Waals surface area contributed by atoms with Crippen molar-refractivity contribution in [1.82, 2.24) is 0 Å². The number of hydrogen-bond donors (Lipinski definition) is 1. The van der Waals surface area contributed by atoms with Crippen LogP contribution in [-0.2, 0) is 0 Å². The molecule has 4 nitrogen and oxygen atoms in total. The Labute approximate surface area is 172 Å². The molecule has 0 saturated carbocycles. The van der Waals surface area contributed by atoms with Gasteiger partial charge in [-0.1, -0.05) is 19.9 Å². The van der Waals surface area contributed by atoms with E-state index in [2.05, 4.69) is 37.6 Å². The molecule has 154 valence electrons. The first kappa shape index (κ1) is 21.0. The number of carboxylic acid groups (broad SMARTS) is 1. The SMILES string of the molecule is CCCN1c2cc(F)c(C=Nc3cccc(C(=O)O)c3C)cc2C(C)CC1(C)C. The fourth-order valence-electron chi connectivity index (χ4n) is 4.40. The Bertz CT molecular complexity index is 966. The topological polar surface area (TPSA) is 52.9 Å². The molecule has 0 aromatic heterocycles. The Balaban J connectivity index is 2.02. The number of anilines is 1. The van der Waals surface area contributed by atoms with E-state index < -0.39 is 5.97 Å². The minimum Gasteiger partial charge on any atom is -0.478 e. The lowest BCUT2D eigenvalue weighted by Crippen LogP contribution is -2.48. The minimum atomic E-state index is -0.994. The van der Waals surface area contributed by atoms with Crippen LogP contribution in [-0.4, -0.2) is 29.4 Å². The van der Waals surface area contributed by atoms with Crippen LogP contribution in [0.25, 0.3) is 0 Å². The molecule has 1 heterocycles. The molecule has 0 saturated heterocycles. The van der Waals surface area contributed by atoms with Crippen molar-refractivity contribution in [2.75, 3.05) is 11.4 Å². The maximum absolute atomic E-state index is 15.0. The van der Waals surface area contributed by atoms with Gasteiger partial charge in [-0.2, -0.15) is 0 Å². The Morgan fingerprint density at radius 3 is 2.76 bits per heavy atom. The number of rotatable bonds is 5. The quantitative estimate of drug-likeness (QED) is 0.623. The van der Waals surface area contributed by atoms with Gasteiger partial charge in [0.1, 0.15) is 5.82 Å². The second-order valence-electron chi connectivity index (χ2n) is 8.51. The fraction of sp³-hybridized carbons (Fsp3) is 0.417. The zero-order chi connectivity index (χ0) is 21.3. The lowest BCUT2D eigenvalue weighted by molar-refractivity contribution is 0.0696. The van der Waals surface area contributed by atoms with E-state index >= 15 is 0 Å². The molecule has 1 aliphatic heterocycles. The van der Waals surface area contributed by atoms with Crippen LogP contribution in [0, 0.1) is 12.7 Å². The van der Waals surface area contributed by atoms with Crippen molar-refractivity contribution in [2.45, 2.75) is 58.9 Å². The van der Waals surface area contributed by atoms with E-state index in [9.17, 15) is 14.3 Å². The third-order valence-electron chi connectivity index (χ3n) is 5.83. The van der Waals surface area contributed by atoms with Crippen molar-refractivity contribution in [1.29, 1.82) is 0 Å². The van der Waals surface area contributed by atoms with Gasteiger partial charge in [-0.25, -0.2) is 9.18 Å². The number of benzene rings is 2. The van der Waals surface area contributed by atoms with Gasteiger partial charge in [-0.15, -0.1) is 0 Å². The number of aromatic carboxylic acids is 1. The zero-order valence-electron chi connectivity index (χ0n) is 17.8. The van der Waals surface area contributed by atoms with E-state index in [1.165, 1.54) is 6.21 Å². The highest BCUT2D eigenvalue weighted by Gasteiger charge is 2.36. The molecular weight excluding hydrogens is 367 g/mol. The molecule has 1 atom stereocenters. The van der Waals surface area contributed by atoms with Crippen LogP contribution < -0.4 is 4.90 Å². The van der Waals surface area contributed by atoms with Gasteiger partial charge in [0.2, 0.25) is 0 Å². The second-order valence-corrected chi connectivity index (χ2v) is 8.51. The van der Waals surface area contributed by atoms with Gasteiger partial charge in [-0.05, 0) is 74.9 Å². The normalized spacial score (nSPS) is 18.1. The molecule has 0 aliphatic carbocycles. The molecule has 5 heteroatoms. The number of hydrogen-bond acceptors (Lipinski definition) is 3. The minimum absolute atomic E-state index is 0.0150. The Morgan fingerprint density at radius 1 is 1.38 bits per heavy atom. The summed E-state index contributed by atoms with van der Waals surface area (Å²) < 4.78 is 15.0. The molecule has 1 aliphatic rings. The zero-order valence-corrected chi connectivity index (χ0v) is 17.8. The molecule has 2 aromatic rings. The summed E-state index contributed by atoms with van der Waals surface area (Å²) in [4.78, 5) is 18.0. The molecule has 0 spiro atoms. The molecule has 29 heavy (non-hydrogen) atoms. The molecule has 0 amide bonds. The lowest BCUT2D eigenvalue weighted by atomic mass is 9.79. The summed E-state index contributed by atoms with van der Waals surface area (Å²) in [5.74, 6) is -0.990. The summed E-state index contributed by atoms with van der Waals surface area (Å²) in [6.45, 7) is 11.4. The third-order valence-corrected chi connectivity index (χ3v) is 5.83. The van der Waals surface area contributed by atoms with Crippen LogP contribution in [0.4, 0.5) is 15.8 Å². The van der Waals surface area contributed by atoms with Crippen LogP contribution in [0.15, 0.2) is 35.3 Å². The average molecular weight is 397 g/mol. The van der Waals surface area contributed by atoms with Crippen molar-refractivity contribution < 1.29 is 14.3 Å². The molecule has 0 radical (unpaired) electrons. The molecule has 0 fully saturated rings. The summed E-state index contributed by atoms with van der Waals surface area (Å²) in [5.41, 5.74) is 3.82. The van der Waals surface area contributed by atoms with Crippen molar-refractivity contribution >= 4 is 23.6 Å². The summed E-state index contributed by atoms with van der Waals surface area (Å²) in [5, 5.41) is 9.28. The van der Waals surface area contributed by atoms with Gasteiger partial charge >= 0.3 is 5.97 Å². The summed E-state index contributed by atoms with van der Waals surface area (Å²) in [6, 6.07) is 8.46. The second kappa shape index (κ2) is 7.97. The van der Waals surface area contributed by atoms with E-state index in [0.29, 0.717) is 22.7 Å². The van der Waals surface area contributed by atoms with Gasteiger partial charge in [0.15, 0.2) is 0 Å². The van der Waals surface area contributed by atoms with Crippen molar-refractivity contribution in [2.24, 2.45) is 4.99 Å². The highest BCUT2D eigenvalue weighted by atomic mass is 19.1. The van der Waals surface area contributed by atoms with Crippen LogP contribution in [0.1, 0.15) is 73.5 Å². The van der Waals surface area contributed by atoms with Crippen LogP contribution in [0.2, 0.25) is 0 Å². The first-order chi connectivity index (χ1) is 13.7. The van der Waals surface area contributed by atoms with E-state index in [4.69, 9.17) is 0 Å². The summed E-state index contributed by atoms with van der Waals surface area (Å²) in [7, 11) is 0. The van der Waals surface area contributed by atoms with E-state index in [1.807, 2.05) is 6.07 Å². The maximum atomic E-state index is 15.0. The monoisotopic (exact) mass is 396 g/mol. The largest absolute Gasteiger partial charge is 0.478 e. The smallest absolute Gasteiger partial charge is 0.336 e. The van der Waals surface area contributed by atoms with Gasteiger partial charge in [-0.3, -0.25) is 4.99 Å². The van der Waals surface area contributed by atoms with E-state index in [1.54, 1.807) is 31.2 Å².